The Balaban J connectivity index is 3.80. The molecule has 0 radical (unpaired) electrons. The van der Waals surface area contributed by atoms with E-state index in [1.165, 1.54) is 0 Å². The number of aliphatic hydroxyl groups excluding tert-OH is 1. The Morgan fingerprint density at radius 3 is 2.09 bits per heavy atom. The molecule has 0 saturated carbocycles. The summed E-state index contributed by atoms with van der Waals surface area (Å²) in [6.07, 6.45) is 0.773. The summed E-state index contributed by atoms with van der Waals surface area (Å²) in [5.41, 5.74) is -0.296. The summed E-state index contributed by atoms with van der Waals surface area (Å²) >= 11 is 0. The lowest BCUT2D eigenvalue weighted by Crippen LogP contribution is -2.19. The number of aliphatic hydroxyl groups is 1. The fraction of sp³-hybridized carbons (Fsp3) is 0.667. The highest BCUT2D eigenvalue weighted by atomic mass is 16.3. The standard InChI is InChI=1S/C9H16O2/c1-7(10)5-6-8(11)9(2,3)4/h10H,1,5-6H2,2-4H3. The maximum absolute atomic E-state index is 11.2. The number of carbonyl (C=O) groups is 1. The first-order chi connectivity index (χ1) is 4.84. The van der Waals surface area contributed by atoms with Crippen molar-refractivity contribution in [1.29, 1.82) is 0 Å². The predicted octanol–water partition coefficient (Wildman–Crippen LogP) is 2.45. The summed E-state index contributed by atoms with van der Waals surface area (Å²) in [5, 5.41) is 8.72. The van der Waals surface area contributed by atoms with Crippen LogP contribution in [0.1, 0.15) is 33.6 Å². The van der Waals surface area contributed by atoms with E-state index in [1.54, 1.807) is 0 Å². The molecule has 0 fully saturated rings. The molecule has 2 nitrogen and oxygen atoms in total. The lowest BCUT2D eigenvalue weighted by Gasteiger charge is -2.15. The van der Waals surface area contributed by atoms with Crippen LogP contribution in [-0.2, 0) is 4.79 Å². The molecular weight excluding hydrogens is 140 g/mol. The highest BCUT2D eigenvalue weighted by molar-refractivity contribution is 5.83. The molecule has 0 bridgehead atoms. The van der Waals surface area contributed by atoms with E-state index in [0.29, 0.717) is 12.8 Å². The third kappa shape index (κ3) is 4.59. The van der Waals surface area contributed by atoms with Gasteiger partial charge < -0.3 is 5.11 Å². The van der Waals surface area contributed by atoms with Gasteiger partial charge in [0.05, 0.1) is 5.76 Å². The normalized spacial score (nSPS) is 11.2. The summed E-state index contributed by atoms with van der Waals surface area (Å²) in [7, 11) is 0. The molecule has 64 valence electrons. The number of Topliss-reactive ketones (excluding diaryl/α,β-unsaturated/α-hetero) is 1. The molecule has 2 heteroatoms. The Hall–Kier alpha value is -0.790. The number of carbonyl (C=O) groups excluding carboxylic acids is 1. The van der Waals surface area contributed by atoms with Crippen molar-refractivity contribution < 1.29 is 9.90 Å². The summed E-state index contributed by atoms with van der Waals surface area (Å²) in [5.74, 6) is 0.246. The zero-order valence-electron chi connectivity index (χ0n) is 7.48. The molecule has 0 heterocycles. The molecule has 0 saturated heterocycles. The van der Waals surface area contributed by atoms with Crippen LogP contribution in [0.15, 0.2) is 12.3 Å². The lowest BCUT2D eigenvalue weighted by molar-refractivity contribution is -0.126. The number of hydrogen-bond donors (Lipinski definition) is 1. The maximum Gasteiger partial charge on any atom is 0.138 e. The second-order valence-electron chi connectivity index (χ2n) is 3.74. The number of ketones is 1. The van der Waals surface area contributed by atoms with Crippen LogP contribution in [0.3, 0.4) is 0 Å². The minimum atomic E-state index is -0.296. The molecule has 0 spiro atoms. The van der Waals surface area contributed by atoms with Crippen molar-refractivity contribution in [3.8, 4) is 0 Å². The van der Waals surface area contributed by atoms with E-state index in [4.69, 9.17) is 5.11 Å². The second kappa shape index (κ2) is 3.56. The third-order valence-electron chi connectivity index (χ3n) is 1.48. The van der Waals surface area contributed by atoms with Crippen LogP contribution >= 0.6 is 0 Å². The zero-order valence-corrected chi connectivity index (χ0v) is 7.48. The van der Waals surface area contributed by atoms with E-state index in [9.17, 15) is 4.79 Å². The summed E-state index contributed by atoms with van der Waals surface area (Å²) < 4.78 is 0. The first-order valence-corrected chi connectivity index (χ1v) is 3.74. The third-order valence-corrected chi connectivity index (χ3v) is 1.48. The van der Waals surface area contributed by atoms with Gasteiger partial charge >= 0.3 is 0 Å². The molecule has 0 aliphatic heterocycles. The molecule has 1 N–H and O–H groups in total. The van der Waals surface area contributed by atoms with Gasteiger partial charge in [-0.1, -0.05) is 27.4 Å². The van der Waals surface area contributed by atoms with Crippen LogP contribution in [-0.4, -0.2) is 10.9 Å². The highest BCUT2D eigenvalue weighted by Crippen LogP contribution is 2.18. The molecule has 11 heavy (non-hydrogen) atoms. The molecule has 0 amide bonds. The van der Waals surface area contributed by atoms with Crippen LogP contribution in [0.25, 0.3) is 0 Å². The minimum absolute atomic E-state index is 0.0857. The Labute approximate surface area is 67.9 Å². The predicted molar refractivity (Wildman–Crippen MR) is 45.5 cm³/mol. The summed E-state index contributed by atoms with van der Waals surface area (Å²) in [6, 6.07) is 0. The lowest BCUT2D eigenvalue weighted by atomic mass is 9.88. The summed E-state index contributed by atoms with van der Waals surface area (Å²) in [6.45, 7) is 8.92. The van der Waals surface area contributed by atoms with E-state index in [0.717, 1.165) is 0 Å². The van der Waals surface area contributed by atoms with Crippen LogP contribution in [0.2, 0.25) is 0 Å². The van der Waals surface area contributed by atoms with Crippen LogP contribution in [0.5, 0.6) is 0 Å². The fourth-order valence-electron chi connectivity index (χ4n) is 0.633. The van der Waals surface area contributed by atoms with E-state index in [1.807, 2.05) is 20.8 Å². The maximum atomic E-state index is 11.2. The van der Waals surface area contributed by atoms with Crippen molar-refractivity contribution in [1.82, 2.24) is 0 Å². The van der Waals surface area contributed by atoms with E-state index < -0.39 is 0 Å². The van der Waals surface area contributed by atoms with Crippen molar-refractivity contribution in [3.05, 3.63) is 12.3 Å². The second-order valence-corrected chi connectivity index (χ2v) is 3.74. The Kier molecular flexibility index (Phi) is 3.30. The van der Waals surface area contributed by atoms with Crippen molar-refractivity contribution in [2.24, 2.45) is 5.41 Å². The quantitative estimate of drug-likeness (QED) is 0.637. The van der Waals surface area contributed by atoms with Gasteiger partial charge in [0.2, 0.25) is 0 Å². The SMILES string of the molecule is C=C(O)CCC(=O)C(C)(C)C. The molecule has 0 aliphatic carbocycles. The van der Waals surface area contributed by atoms with Gasteiger partial charge in [-0.05, 0) is 0 Å². The molecule has 0 unspecified atom stereocenters. The van der Waals surface area contributed by atoms with E-state index in [2.05, 4.69) is 6.58 Å². The first-order valence-electron chi connectivity index (χ1n) is 3.74. The minimum Gasteiger partial charge on any atom is -0.513 e. The van der Waals surface area contributed by atoms with Crippen LogP contribution in [0.4, 0.5) is 0 Å². The Bertz CT molecular complexity index is 163. The van der Waals surface area contributed by atoms with Crippen LogP contribution in [0, 0.1) is 5.41 Å². The zero-order chi connectivity index (χ0) is 9.07. The van der Waals surface area contributed by atoms with Gasteiger partial charge in [-0.25, -0.2) is 0 Å². The largest absolute Gasteiger partial charge is 0.513 e. The van der Waals surface area contributed by atoms with Gasteiger partial charge in [-0.15, -0.1) is 0 Å². The van der Waals surface area contributed by atoms with Gasteiger partial charge in [-0.2, -0.15) is 0 Å². The first kappa shape index (κ1) is 10.2. The number of rotatable bonds is 3. The van der Waals surface area contributed by atoms with Gasteiger partial charge in [0.25, 0.3) is 0 Å². The van der Waals surface area contributed by atoms with E-state index >= 15 is 0 Å². The molecule has 0 aromatic heterocycles. The van der Waals surface area contributed by atoms with Crippen molar-refractivity contribution in [2.45, 2.75) is 33.6 Å². The van der Waals surface area contributed by atoms with Gasteiger partial charge in [0.15, 0.2) is 0 Å². The number of allylic oxidation sites excluding steroid dienone is 1. The average Bonchev–Trinajstić information content (AvgIpc) is 1.80. The molecule has 0 atom stereocenters. The van der Waals surface area contributed by atoms with Gasteiger partial charge in [-0.3, -0.25) is 4.79 Å². The molecule has 0 aliphatic rings. The van der Waals surface area contributed by atoms with Gasteiger partial charge in [0, 0.05) is 18.3 Å². The Morgan fingerprint density at radius 1 is 1.36 bits per heavy atom. The Morgan fingerprint density at radius 2 is 1.82 bits per heavy atom. The van der Waals surface area contributed by atoms with Crippen LogP contribution < -0.4 is 0 Å². The van der Waals surface area contributed by atoms with Crippen molar-refractivity contribution in [3.63, 3.8) is 0 Å². The molecular formula is C9H16O2. The monoisotopic (exact) mass is 156 g/mol. The molecule has 0 aromatic rings. The van der Waals surface area contributed by atoms with E-state index in [-0.39, 0.29) is 17.0 Å². The van der Waals surface area contributed by atoms with Crippen molar-refractivity contribution >= 4 is 5.78 Å². The molecule has 0 rings (SSSR count). The topological polar surface area (TPSA) is 37.3 Å². The summed E-state index contributed by atoms with van der Waals surface area (Å²) in [4.78, 5) is 11.2. The van der Waals surface area contributed by atoms with Crippen molar-refractivity contribution in [2.75, 3.05) is 0 Å². The molecule has 0 aromatic carbocycles. The van der Waals surface area contributed by atoms with Gasteiger partial charge in [0.1, 0.15) is 5.78 Å². The number of hydrogen-bond acceptors (Lipinski definition) is 2. The highest BCUT2D eigenvalue weighted by Gasteiger charge is 2.20. The smallest absolute Gasteiger partial charge is 0.138 e. The average molecular weight is 156 g/mol. The fourth-order valence-corrected chi connectivity index (χ4v) is 0.633.